The second kappa shape index (κ2) is 6.59. The predicted octanol–water partition coefficient (Wildman–Crippen LogP) is 2.03. The van der Waals surface area contributed by atoms with Gasteiger partial charge in [0.1, 0.15) is 5.75 Å². The van der Waals surface area contributed by atoms with Crippen LogP contribution in [0.1, 0.15) is 18.9 Å². The highest BCUT2D eigenvalue weighted by molar-refractivity contribution is 8.14. The van der Waals surface area contributed by atoms with Gasteiger partial charge in [-0.05, 0) is 24.6 Å². The first-order valence-electron chi connectivity index (χ1n) is 7.11. The molecule has 2 aliphatic heterocycles. The lowest BCUT2D eigenvalue weighted by atomic mass is 9.95. The van der Waals surface area contributed by atoms with Crippen LogP contribution < -0.4 is 10.1 Å². The van der Waals surface area contributed by atoms with E-state index >= 15 is 0 Å². The number of carbonyl (C=O) groups is 1. The van der Waals surface area contributed by atoms with Crippen molar-refractivity contribution in [3.8, 4) is 5.75 Å². The minimum absolute atomic E-state index is 0. The van der Waals surface area contributed by atoms with Gasteiger partial charge in [0.2, 0.25) is 5.91 Å². The van der Waals surface area contributed by atoms with Gasteiger partial charge in [-0.2, -0.15) is 0 Å². The summed E-state index contributed by atoms with van der Waals surface area (Å²) in [5, 5.41) is 14.9. The van der Waals surface area contributed by atoms with Crippen LogP contribution in [0.2, 0.25) is 0 Å². The fraction of sp³-hybridized carbons (Fsp3) is 0.467. The number of thioether (sulfide) groups is 1. The van der Waals surface area contributed by atoms with Crippen LogP contribution in [0.5, 0.6) is 5.75 Å². The highest BCUT2D eigenvalue weighted by Gasteiger charge is 2.53. The Labute approximate surface area is 145 Å². The van der Waals surface area contributed by atoms with Crippen molar-refractivity contribution in [3.05, 3.63) is 23.8 Å². The van der Waals surface area contributed by atoms with Gasteiger partial charge in [-0.15, -0.1) is 12.4 Å². The van der Waals surface area contributed by atoms with E-state index in [1.54, 1.807) is 41.9 Å². The fourth-order valence-corrected chi connectivity index (χ4v) is 4.29. The second-order valence-corrected chi connectivity index (χ2v) is 6.60. The molecule has 2 heterocycles. The minimum Gasteiger partial charge on any atom is -0.493 e. The smallest absolute Gasteiger partial charge is 0.221 e. The molecule has 2 unspecified atom stereocenters. The summed E-state index contributed by atoms with van der Waals surface area (Å²) in [5.41, 5.74) is 0.110. The standard InChI is InChI=1S/C15H19N3O3S.ClH/c1-9(19)17-10-4-5-12-11(8-10)15(20)13(6-7-21-12)22-14(16-2)18(15)3;/h4-5,8,13,20H,6-7H2,1-3H3,(H,17,19);1H. The zero-order chi connectivity index (χ0) is 15.9. The molecule has 0 spiro atoms. The van der Waals surface area contributed by atoms with Crippen LogP contribution in [-0.4, -0.2) is 47.0 Å². The lowest BCUT2D eigenvalue weighted by Crippen LogP contribution is -2.46. The van der Waals surface area contributed by atoms with Crippen molar-refractivity contribution in [3.63, 3.8) is 0 Å². The van der Waals surface area contributed by atoms with Crippen molar-refractivity contribution in [1.29, 1.82) is 0 Å². The van der Waals surface area contributed by atoms with E-state index in [9.17, 15) is 9.90 Å². The first kappa shape index (κ1) is 17.9. The normalized spacial score (nSPS) is 27.4. The number of aliphatic hydroxyl groups is 1. The molecule has 1 aromatic carbocycles. The Morgan fingerprint density at radius 1 is 1.57 bits per heavy atom. The summed E-state index contributed by atoms with van der Waals surface area (Å²) in [6, 6.07) is 5.35. The van der Waals surface area contributed by atoms with Gasteiger partial charge in [0.15, 0.2) is 10.9 Å². The Morgan fingerprint density at radius 3 is 2.96 bits per heavy atom. The van der Waals surface area contributed by atoms with Crippen molar-refractivity contribution in [2.75, 3.05) is 26.0 Å². The van der Waals surface area contributed by atoms with E-state index in [4.69, 9.17) is 4.74 Å². The summed E-state index contributed by atoms with van der Waals surface area (Å²) in [6.07, 6.45) is 0.717. The van der Waals surface area contributed by atoms with Crippen molar-refractivity contribution in [2.45, 2.75) is 24.3 Å². The monoisotopic (exact) mass is 357 g/mol. The molecule has 0 saturated carbocycles. The maximum Gasteiger partial charge on any atom is 0.221 e. The van der Waals surface area contributed by atoms with Crippen LogP contribution in [0.3, 0.4) is 0 Å². The van der Waals surface area contributed by atoms with E-state index < -0.39 is 5.72 Å². The third-order valence-electron chi connectivity index (χ3n) is 4.02. The molecule has 2 atom stereocenters. The number of ether oxygens (including phenoxy) is 1. The van der Waals surface area contributed by atoms with Crippen LogP contribution in [0.15, 0.2) is 23.2 Å². The third kappa shape index (κ3) is 2.88. The third-order valence-corrected chi connectivity index (χ3v) is 5.54. The lowest BCUT2D eigenvalue weighted by molar-refractivity contribution is -0.114. The largest absolute Gasteiger partial charge is 0.493 e. The molecule has 0 aromatic heterocycles. The lowest BCUT2D eigenvalue weighted by Gasteiger charge is -2.34. The zero-order valence-electron chi connectivity index (χ0n) is 13.2. The van der Waals surface area contributed by atoms with Crippen LogP contribution in [0.25, 0.3) is 0 Å². The Bertz CT molecular complexity index is 655. The van der Waals surface area contributed by atoms with Crippen LogP contribution in [0, 0.1) is 0 Å². The summed E-state index contributed by atoms with van der Waals surface area (Å²) in [5.74, 6) is 0.492. The number of nitrogens with zero attached hydrogens (tertiary/aromatic N) is 2. The number of halogens is 1. The number of nitrogens with one attached hydrogen (secondary N) is 1. The molecule has 2 N–H and O–H groups in total. The molecule has 126 valence electrons. The van der Waals surface area contributed by atoms with E-state index in [0.717, 1.165) is 5.17 Å². The molecule has 1 aromatic rings. The highest BCUT2D eigenvalue weighted by atomic mass is 35.5. The Hall–Kier alpha value is -1.44. The number of amidine groups is 1. The first-order valence-corrected chi connectivity index (χ1v) is 7.99. The predicted molar refractivity (Wildman–Crippen MR) is 94.5 cm³/mol. The van der Waals surface area contributed by atoms with Gasteiger partial charge in [0.05, 0.1) is 11.9 Å². The molecule has 1 amide bonds. The number of hydrogen-bond acceptors (Lipinski definition) is 5. The number of aliphatic imine (C=N–C) groups is 1. The number of benzene rings is 1. The van der Waals surface area contributed by atoms with Gasteiger partial charge in [-0.25, -0.2) is 0 Å². The quantitative estimate of drug-likeness (QED) is 0.804. The topological polar surface area (TPSA) is 74.2 Å². The molecule has 0 bridgehead atoms. The SMILES string of the molecule is CN=C1SC2CCOc3ccc(NC(C)=O)cc3C2(O)N1C.Cl. The number of amides is 1. The molecule has 0 radical (unpaired) electrons. The molecule has 23 heavy (non-hydrogen) atoms. The highest BCUT2D eigenvalue weighted by Crippen LogP contribution is 2.50. The van der Waals surface area contributed by atoms with Gasteiger partial charge in [0.25, 0.3) is 0 Å². The van der Waals surface area contributed by atoms with Crippen LogP contribution >= 0.6 is 24.2 Å². The maximum absolute atomic E-state index is 11.4. The number of carbonyl (C=O) groups excluding carboxylic acids is 1. The molecule has 8 heteroatoms. The van der Waals surface area contributed by atoms with Crippen LogP contribution in [0.4, 0.5) is 5.69 Å². The molecule has 3 rings (SSSR count). The van der Waals surface area contributed by atoms with Crippen molar-refractivity contribution in [2.24, 2.45) is 4.99 Å². The van der Waals surface area contributed by atoms with E-state index in [2.05, 4.69) is 10.3 Å². The minimum atomic E-state index is -1.19. The fourth-order valence-electron chi connectivity index (χ4n) is 2.97. The number of rotatable bonds is 1. The molecule has 1 saturated heterocycles. The Kier molecular flexibility index (Phi) is 5.13. The molecule has 1 fully saturated rings. The van der Waals surface area contributed by atoms with Gasteiger partial charge >= 0.3 is 0 Å². The Balaban J connectivity index is 0.00000192. The van der Waals surface area contributed by atoms with Gasteiger partial charge in [-0.1, -0.05) is 11.8 Å². The summed E-state index contributed by atoms with van der Waals surface area (Å²) in [6.45, 7) is 2.00. The summed E-state index contributed by atoms with van der Waals surface area (Å²) < 4.78 is 5.77. The Morgan fingerprint density at radius 2 is 2.30 bits per heavy atom. The van der Waals surface area contributed by atoms with Crippen molar-refractivity contribution in [1.82, 2.24) is 4.90 Å². The maximum atomic E-state index is 11.4. The van der Waals surface area contributed by atoms with Crippen molar-refractivity contribution < 1.29 is 14.6 Å². The average molecular weight is 358 g/mol. The first-order chi connectivity index (χ1) is 10.5. The van der Waals surface area contributed by atoms with E-state index in [1.165, 1.54) is 6.92 Å². The summed E-state index contributed by atoms with van der Waals surface area (Å²) in [4.78, 5) is 17.3. The van der Waals surface area contributed by atoms with Gasteiger partial charge in [0, 0.05) is 32.3 Å². The van der Waals surface area contributed by atoms with Crippen molar-refractivity contribution >= 4 is 40.9 Å². The van der Waals surface area contributed by atoms with E-state index in [-0.39, 0.29) is 23.6 Å². The second-order valence-electron chi connectivity index (χ2n) is 5.43. The molecule has 2 aliphatic rings. The molecular weight excluding hydrogens is 338 g/mol. The number of fused-ring (bicyclic) bond motifs is 3. The number of hydrogen-bond donors (Lipinski definition) is 2. The number of anilines is 1. The van der Waals surface area contributed by atoms with E-state index in [1.807, 2.05) is 7.05 Å². The molecular formula is C15H20ClN3O3S. The molecule has 6 nitrogen and oxygen atoms in total. The molecule has 0 aliphatic carbocycles. The van der Waals surface area contributed by atoms with Crippen LogP contribution in [-0.2, 0) is 10.5 Å². The zero-order valence-corrected chi connectivity index (χ0v) is 14.8. The van der Waals surface area contributed by atoms with E-state index in [0.29, 0.717) is 30.0 Å². The summed E-state index contributed by atoms with van der Waals surface area (Å²) >= 11 is 1.56. The summed E-state index contributed by atoms with van der Waals surface area (Å²) in [7, 11) is 3.55. The van der Waals surface area contributed by atoms with Gasteiger partial charge in [-0.3, -0.25) is 9.79 Å². The van der Waals surface area contributed by atoms with Gasteiger partial charge < -0.3 is 20.1 Å². The average Bonchev–Trinajstić information content (AvgIpc) is 2.64.